The SMILES string of the molecule is CN1CCC2(CC2)N(c2ccc(Br)cc2)C1=O. The lowest BCUT2D eigenvalue weighted by atomic mass is 10.1. The Balaban J connectivity index is 1.98. The average Bonchev–Trinajstić information content (AvgIpc) is 3.08. The molecule has 3 rings (SSSR count). The molecule has 1 aliphatic carbocycles. The Morgan fingerprint density at radius 3 is 2.41 bits per heavy atom. The number of anilines is 1. The van der Waals surface area contributed by atoms with E-state index in [2.05, 4.69) is 15.9 Å². The lowest BCUT2D eigenvalue weighted by Crippen LogP contribution is -2.54. The van der Waals surface area contributed by atoms with Crippen LogP contribution in [0, 0.1) is 0 Å². The van der Waals surface area contributed by atoms with Gasteiger partial charge >= 0.3 is 6.03 Å². The van der Waals surface area contributed by atoms with Crippen molar-refractivity contribution in [3.05, 3.63) is 28.7 Å². The van der Waals surface area contributed by atoms with Crippen LogP contribution in [-0.2, 0) is 0 Å². The zero-order valence-corrected chi connectivity index (χ0v) is 11.4. The third-order valence-corrected chi connectivity index (χ3v) is 4.35. The molecule has 1 spiro atoms. The number of amides is 2. The van der Waals surface area contributed by atoms with Crippen LogP contribution in [0.2, 0.25) is 0 Å². The Labute approximate surface area is 110 Å². The number of halogens is 1. The van der Waals surface area contributed by atoms with E-state index < -0.39 is 0 Å². The number of carbonyl (C=O) groups is 1. The quantitative estimate of drug-likeness (QED) is 0.780. The van der Waals surface area contributed by atoms with Crippen LogP contribution < -0.4 is 4.90 Å². The summed E-state index contributed by atoms with van der Waals surface area (Å²) in [6.45, 7) is 0.881. The molecule has 0 unspecified atom stereocenters. The van der Waals surface area contributed by atoms with E-state index >= 15 is 0 Å². The van der Waals surface area contributed by atoms with Gasteiger partial charge in [0.25, 0.3) is 0 Å². The molecule has 2 amide bonds. The number of hydrogen-bond acceptors (Lipinski definition) is 1. The zero-order valence-electron chi connectivity index (χ0n) is 9.82. The van der Waals surface area contributed by atoms with E-state index in [1.165, 1.54) is 0 Å². The molecule has 1 aromatic carbocycles. The van der Waals surface area contributed by atoms with Crippen molar-refractivity contribution in [3.63, 3.8) is 0 Å². The van der Waals surface area contributed by atoms with Crippen LogP contribution in [-0.4, -0.2) is 30.1 Å². The summed E-state index contributed by atoms with van der Waals surface area (Å²) in [6, 6.07) is 8.15. The van der Waals surface area contributed by atoms with Gasteiger partial charge < -0.3 is 4.90 Å². The van der Waals surface area contributed by atoms with Crippen LogP contribution in [0.5, 0.6) is 0 Å². The van der Waals surface area contributed by atoms with E-state index in [1.807, 2.05) is 41.1 Å². The summed E-state index contributed by atoms with van der Waals surface area (Å²) in [7, 11) is 1.88. The van der Waals surface area contributed by atoms with Crippen LogP contribution in [0.15, 0.2) is 28.7 Å². The molecule has 0 radical (unpaired) electrons. The summed E-state index contributed by atoms with van der Waals surface area (Å²) in [4.78, 5) is 16.1. The molecule has 1 aromatic rings. The molecule has 90 valence electrons. The predicted octanol–water partition coefficient (Wildman–Crippen LogP) is 3.24. The van der Waals surface area contributed by atoms with Crippen molar-refractivity contribution in [3.8, 4) is 0 Å². The summed E-state index contributed by atoms with van der Waals surface area (Å²) in [5, 5.41) is 0. The molecule has 2 aliphatic rings. The smallest absolute Gasteiger partial charge is 0.324 e. The topological polar surface area (TPSA) is 23.6 Å². The van der Waals surface area contributed by atoms with Gasteiger partial charge in [0.1, 0.15) is 0 Å². The van der Waals surface area contributed by atoms with Gasteiger partial charge in [0.2, 0.25) is 0 Å². The fourth-order valence-electron chi connectivity index (χ4n) is 2.55. The minimum atomic E-state index is 0.122. The Kier molecular flexibility index (Phi) is 2.43. The standard InChI is InChI=1S/C13H15BrN2O/c1-15-9-8-13(6-7-13)16(12(15)17)11-4-2-10(14)3-5-11/h2-5H,6-9H2,1H3. The van der Waals surface area contributed by atoms with Gasteiger partial charge in [-0.3, -0.25) is 4.90 Å². The molecule has 0 aromatic heterocycles. The lowest BCUT2D eigenvalue weighted by Gasteiger charge is -2.40. The van der Waals surface area contributed by atoms with Crippen LogP contribution in [0.1, 0.15) is 19.3 Å². The number of hydrogen-bond donors (Lipinski definition) is 0. The van der Waals surface area contributed by atoms with E-state index in [4.69, 9.17) is 0 Å². The zero-order chi connectivity index (χ0) is 12.0. The fourth-order valence-corrected chi connectivity index (χ4v) is 2.81. The fraction of sp³-hybridized carbons (Fsp3) is 0.462. The summed E-state index contributed by atoms with van der Waals surface area (Å²) in [5.41, 5.74) is 1.14. The maximum Gasteiger partial charge on any atom is 0.324 e. The highest BCUT2D eigenvalue weighted by molar-refractivity contribution is 9.10. The average molecular weight is 295 g/mol. The van der Waals surface area contributed by atoms with E-state index in [1.54, 1.807) is 0 Å². The molecule has 4 heteroatoms. The molecule has 0 N–H and O–H groups in total. The van der Waals surface area contributed by atoms with Gasteiger partial charge in [0, 0.05) is 23.8 Å². The van der Waals surface area contributed by atoms with Crippen molar-refractivity contribution in [2.45, 2.75) is 24.8 Å². The number of benzene rings is 1. The van der Waals surface area contributed by atoms with E-state index in [0.717, 1.165) is 36.0 Å². The molecule has 3 nitrogen and oxygen atoms in total. The Morgan fingerprint density at radius 2 is 1.82 bits per heavy atom. The van der Waals surface area contributed by atoms with Crippen molar-refractivity contribution in [2.75, 3.05) is 18.5 Å². The summed E-state index contributed by atoms with van der Waals surface area (Å²) in [6.07, 6.45) is 3.37. The van der Waals surface area contributed by atoms with Gasteiger partial charge in [-0.25, -0.2) is 4.79 Å². The van der Waals surface area contributed by atoms with Gasteiger partial charge in [-0.1, -0.05) is 15.9 Å². The highest BCUT2D eigenvalue weighted by atomic mass is 79.9. The minimum Gasteiger partial charge on any atom is -0.327 e. The Bertz CT molecular complexity index is 453. The second-order valence-corrected chi connectivity index (χ2v) is 5.91. The maximum atomic E-state index is 12.3. The number of rotatable bonds is 1. The molecule has 1 saturated heterocycles. The molecule has 1 saturated carbocycles. The first-order chi connectivity index (χ1) is 8.12. The van der Waals surface area contributed by atoms with Crippen molar-refractivity contribution in [2.24, 2.45) is 0 Å². The molecule has 2 fully saturated rings. The monoisotopic (exact) mass is 294 g/mol. The molecule has 0 bridgehead atoms. The minimum absolute atomic E-state index is 0.122. The summed E-state index contributed by atoms with van der Waals surface area (Å²) >= 11 is 3.43. The van der Waals surface area contributed by atoms with Gasteiger partial charge in [-0.05, 0) is 43.5 Å². The number of carbonyl (C=O) groups excluding carboxylic acids is 1. The second kappa shape index (κ2) is 3.73. The van der Waals surface area contributed by atoms with Crippen molar-refractivity contribution in [1.82, 2.24) is 4.90 Å². The van der Waals surface area contributed by atoms with Gasteiger partial charge in [0.15, 0.2) is 0 Å². The Hall–Kier alpha value is -1.03. The van der Waals surface area contributed by atoms with Gasteiger partial charge in [-0.15, -0.1) is 0 Å². The van der Waals surface area contributed by atoms with Gasteiger partial charge in [-0.2, -0.15) is 0 Å². The number of urea groups is 1. The van der Waals surface area contributed by atoms with Crippen molar-refractivity contribution < 1.29 is 4.79 Å². The summed E-state index contributed by atoms with van der Waals surface area (Å²) in [5.74, 6) is 0. The molecule has 1 aliphatic heterocycles. The molecular formula is C13H15BrN2O. The van der Waals surface area contributed by atoms with Crippen LogP contribution >= 0.6 is 15.9 Å². The first kappa shape index (κ1) is 11.1. The molecule has 17 heavy (non-hydrogen) atoms. The van der Waals surface area contributed by atoms with Crippen LogP contribution in [0.3, 0.4) is 0 Å². The molecule has 0 atom stereocenters. The second-order valence-electron chi connectivity index (χ2n) is 4.99. The third kappa shape index (κ3) is 1.75. The van der Waals surface area contributed by atoms with Gasteiger partial charge in [0.05, 0.1) is 5.54 Å². The van der Waals surface area contributed by atoms with E-state index in [-0.39, 0.29) is 11.6 Å². The molecular weight excluding hydrogens is 280 g/mol. The normalized spacial score (nSPS) is 22.1. The largest absolute Gasteiger partial charge is 0.327 e. The van der Waals surface area contributed by atoms with Crippen LogP contribution in [0.25, 0.3) is 0 Å². The molecule has 1 heterocycles. The lowest BCUT2D eigenvalue weighted by molar-refractivity contribution is 0.197. The van der Waals surface area contributed by atoms with E-state index in [0.29, 0.717) is 0 Å². The van der Waals surface area contributed by atoms with Crippen LogP contribution in [0.4, 0.5) is 10.5 Å². The van der Waals surface area contributed by atoms with E-state index in [9.17, 15) is 4.79 Å². The maximum absolute atomic E-state index is 12.3. The first-order valence-corrected chi connectivity index (χ1v) is 6.73. The highest BCUT2D eigenvalue weighted by Crippen LogP contribution is 2.49. The Morgan fingerprint density at radius 1 is 1.18 bits per heavy atom. The summed E-state index contributed by atoms with van der Waals surface area (Å²) < 4.78 is 1.05. The van der Waals surface area contributed by atoms with Crippen molar-refractivity contribution in [1.29, 1.82) is 0 Å². The number of nitrogens with zero attached hydrogens (tertiary/aromatic N) is 2. The third-order valence-electron chi connectivity index (χ3n) is 3.82. The first-order valence-electron chi connectivity index (χ1n) is 5.93. The predicted molar refractivity (Wildman–Crippen MR) is 71.2 cm³/mol. The highest BCUT2D eigenvalue weighted by Gasteiger charge is 2.53. The van der Waals surface area contributed by atoms with Crippen molar-refractivity contribution >= 4 is 27.6 Å².